The van der Waals surface area contributed by atoms with Crippen LogP contribution >= 0.6 is 0 Å². The smallest absolute Gasteiger partial charge is 0.243 e. The highest BCUT2D eigenvalue weighted by atomic mass is 32.2. The van der Waals surface area contributed by atoms with Gasteiger partial charge in [0.1, 0.15) is 5.82 Å². The van der Waals surface area contributed by atoms with Gasteiger partial charge in [-0.25, -0.2) is 13.4 Å². The Hall–Kier alpha value is -2.19. The molecular formula is C22H31N5O2S. The van der Waals surface area contributed by atoms with Gasteiger partial charge in [0.25, 0.3) is 0 Å². The topological polar surface area (TPSA) is 69.6 Å². The van der Waals surface area contributed by atoms with Gasteiger partial charge in [0.15, 0.2) is 0 Å². The van der Waals surface area contributed by atoms with Crippen LogP contribution in [0.15, 0.2) is 29.2 Å². The molecule has 2 aliphatic heterocycles. The van der Waals surface area contributed by atoms with Gasteiger partial charge in [0, 0.05) is 52.3 Å². The summed E-state index contributed by atoms with van der Waals surface area (Å²) < 4.78 is 28.0. The first-order chi connectivity index (χ1) is 14.3. The van der Waals surface area contributed by atoms with Crippen LogP contribution < -0.4 is 9.80 Å². The van der Waals surface area contributed by atoms with E-state index in [9.17, 15) is 8.42 Å². The molecule has 1 saturated heterocycles. The van der Waals surface area contributed by atoms with E-state index >= 15 is 0 Å². The van der Waals surface area contributed by atoms with E-state index in [1.54, 1.807) is 22.5 Å². The molecule has 0 amide bonds. The van der Waals surface area contributed by atoms with E-state index in [0.29, 0.717) is 24.4 Å². The lowest BCUT2D eigenvalue weighted by atomic mass is 9.99. The van der Waals surface area contributed by atoms with Crippen molar-refractivity contribution in [1.29, 1.82) is 0 Å². The number of fused-ring (bicyclic) bond motifs is 1. The summed E-state index contributed by atoms with van der Waals surface area (Å²) in [5, 5.41) is 0. The monoisotopic (exact) mass is 429 g/mol. The summed E-state index contributed by atoms with van der Waals surface area (Å²) in [4.78, 5) is 14.3. The Morgan fingerprint density at radius 2 is 1.83 bits per heavy atom. The van der Waals surface area contributed by atoms with Gasteiger partial charge in [0.2, 0.25) is 16.0 Å². The molecule has 4 rings (SSSR count). The van der Waals surface area contributed by atoms with Crippen molar-refractivity contribution in [2.75, 3.05) is 43.5 Å². The molecular weight excluding hydrogens is 398 g/mol. The van der Waals surface area contributed by atoms with Crippen molar-refractivity contribution in [2.45, 2.75) is 44.6 Å². The second-order valence-electron chi connectivity index (χ2n) is 8.74. The van der Waals surface area contributed by atoms with Crippen LogP contribution in [0.25, 0.3) is 0 Å². The number of hydrogen-bond acceptors (Lipinski definition) is 6. The first-order valence-corrected chi connectivity index (χ1v) is 12.1. The van der Waals surface area contributed by atoms with E-state index < -0.39 is 10.0 Å². The molecule has 0 aliphatic carbocycles. The van der Waals surface area contributed by atoms with Gasteiger partial charge in [-0.2, -0.15) is 9.29 Å². The summed E-state index contributed by atoms with van der Waals surface area (Å²) in [6.45, 7) is 6.88. The van der Waals surface area contributed by atoms with E-state index in [2.05, 4.69) is 11.8 Å². The molecule has 0 bridgehead atoms. The Bertz CT molecular complexity index is 1030. The Balaban J connectivity index is 1.66. The number of rotatable bonds is 4. The number of nitrogens with zero attached hydrogens (tertiary/aromatic N) is 5. The minimum absolute atomic E-state index is 0.302. The zero-order chi connectivity index (χ0) is 21.5. The van der Waals surface area contributed by atoms with Crippen LogP contribution in [0.1, 0.15) is 36.6 Å². The first-order valence-electron chi connectivity index (χ1n) is 10.6. The molecule has 0 spiro atoms. The van der Waals surface area contributed by atoms with Gasteiger partial charge in [-0.15, -0.1) is 0 Å². The van der Waals surface area contributed by atoms with Crippen LogP contribution in [0.3, 0.4) is 0 Å². The van der Waals surface area contributed by atoms with Gasteiger partial charge in [-0.05, 0) is 43.4 Å². The molecule has 1 aromatic carbocycles. The van der Waals surface area contributed by atoms with Gasteiger partial charge in [-0.1, -0.05) is 19.1 Å². The quantitative estimate of drug-likeness (QED) is 0.744. The molecule has 0 radical (unpaired) electrons. The Kier molecular flexibility index (Phi) is 5.72. The van der Waals surface area contributed by atoms with Crippen LogP contribution in [-0.2, 0) is 23.0 Å². The lowest BCUT2D eigenvalue weighted by Gasteiger charge is -2.34. The Labute approximate surface area is 179 Å². The molecule has 3 heterocycles. The van der Waals surface area contributed by atoms with Crippen molar-refractivity contribution in [1.82, 2.24) is 14.3 Å². The Morgan fingerprint density at radius 3 is 2.50 bits per heavy atom. The van der Waals surface area contributed by atoms with Gasteiger partial charge in [0.05, 0.1) is 10.6 Å². The van der Waals surface area contributed by atoms with Gasteiger partial charge < -0.3 is 9.80 Å². The molecule has 0 unspecified atom stereocenters. The largest absolute Gasteiger partial charge is 0.362 e. The molecule has 0 saturated carbocycles. The summed E-state index contributed by atoms with van der Waals surface area (Å²) >= 11 is 0. The van der Waals surface area contributed by atoms with Crippen LogP contribution in [0, 0.1) is 12.8 Å². The highest BCUT2D eigenvalue weighted by Crippen LogP contribution is 2.32. The van der Waals surface area contributed by atoms with E-state index in [1.165, 1.54) is 0 Å². The van der Waals surface area contributed by atoms with Crippen LogP contribution in [0.4, 0.5) is 11.8 Å². The Morgan fingerprint density at radius 1 is 1.10 bits per heavy atom. The highest BCUT2D eigenvalue weighted by molar-refractivity contribution is 7.89. The fraction of sp³-hybridized carbons (Fsp3) is 0.545. The van der Waals surface area contributed by atoms with Crippen molar-refractivity contribution >= 4 is 21.8 Å². The number of hydrogen-bond donors (Lipinski definition) is 0. The molecule has 1 fully saturated rings. The zero-order valence-corrected chi connectivity index (χ0v) is 19.1. The van der Waals surface area contributed by atoms with E-state index in [4.69, 9.17) is 9.97 Å². The number of benzene rings is 1. The third-order valence-corrected chi connectivity index (χ3v) is 7.95. The molecule has 30 heavy (non-hydrogen) atoms. The molecule has 0 atom stereocenters. The summed E-state index contributed by atoms with van der Waals surface area (Å²) in [5.41, 5.74) is 2.82. The van der Waals surface area contributed by atoms with E-state index in [0.717, 1.165) is 60.4 Å². The van der Waals surface area contributed by atoms with Crippen molar-refractivity contribution < 1.29 is 8.42 Å². The average molecular weight is 430 g/mol. The summed E-state index contributed by atoms with van der Waals surface area (Å²) in [5.74, 6) is 2.34. The summed E-state index contributed by atoms with van der Waals surface area (Å²) in [7, 11) is 0.356. The number of piperidine rings is 1. The van der Waals surface area contributed by atoms with E-state index in [-0.39, 0.29) is 0 Å². The van der Waals surface area contributed by atoms with Crippen molar-refractivity contribution in [3.05, 3.63) is 41.1 Å². The standard InChI is InChI=1S/C22H31N5O2S/c1-16-8-11-26(12-9-16)22-23-20-10-13-27(15-19(20)21(24-22)25(3)4)30(28,29)18-7-5-6-17(2)14-18/h5-7,14,16H,8-13,15H2,1-4H3. The van der Waals surface area contributed by atoms with Crippen LogP contribution in [0.5, 0.6) is 0 Å². The SMILES string of the molecule is Cc1cccc(S(=O)(=O)N2CCc3nc(N4CCC(C)CC4)nc(N(C)C)c3C2)c1. The predicted octanol–water partition coefficient (Wildman–Crippen LogP) is 2.83. The maximum atomic E-state index is 13.2. The minimum atomic E-state index is -3.56. The molecule has 1 aromatic heterocycles. The highest BCUT2D eigenvalue weighted by Gasteiger charge is 2.32. The summed E-state index contributed by atoms with van der Waals surface area (Å²) in [6, 6.07) is 7.10. The maximum Gasteiger partial charge on any atom is 0.243 e. The minimum Gasteiger partial charge on any atom is -0.362 e. The lowest BCUT2D eigenvalue weighted by molar-refractivity contribution is 0.386. The maximum absolute atomic E-state index is 13.2. The van der Waals surface area contributed by atoms with Crippen molar-refractivity contribution in [3.8, 4) is 0 Å². The van der Waals surface area contributed by atoms with E-state index in [1.807, 2.05) is 32.0 Å². The molecule has 162 valence electrons. The molecule has 0 N–H and O–H groups in total. The van der Waals surface area contributed by atoms with Crippen molar-refractivity contribution in [3.63, 3.8) is 0 Å². The van der Waals surface area contributed by atoms with Crippen molar-refractivity contribution in [2.24, 2.45) is 5.92 Å². The number of aromatic nitrogens is 2. The zero-order valence-electron chi connectivity index (χ0n) is 18.3. The normalized spacial score (nSPS) is 18.3. The molecule has 8 heteroatoms. The molecule has 2 aliphatic rings. The van der Waals surface area contributed by atoms with Gasteiger partial charge in [-0.3, -0.25) is 0 Å². The third kappa shape index (κ3) is 4.03. The van der Waals surface area contributed by atoms with Crippen LogP contribution in [-0.4, -0.2) is 56.4 Å². The molecule has 7 nitrogen and oxygen atoms in total. The van der Waals surface area contributed by atoms with Gasteiger partial charge >= 0.3 is 0 Å². The predicted molar refractivity (Wildman–Crippen MR) is 119 cm³/mol. The summed E-state index contributed by atoms with van der Waals surface area (Å²) in [6.07, 6.45) is 2.90. The first kappa shape index (κ1) is 21.1. The second-order valence-corrected chi connectivity index (χ2v) is 10.7. The second kappa shape index (κ2) is 8.15. The fourth-order valence-corrected chi connectivity index (χ4v) is 5.72. The fourth-order valence-electron chi connectivity index (χ4n) is 4.21. The molecule has 2 aromatic rings. The number of aryl methyl sites for hydroxylation is 1. The lowest BCUT2D eigenvalue weighted by Crippen LogP contribution is -2.39. The third-order valence-electron chi connectivity index (χ3n) is 6.11. The number of anilines is 2. The average Bonchev–Trinajstić information content (AvgIpc) is 2.73. The van der Waals surface area contributed by atoms with Crippen LogP contribution in [0.2, 0.25) is 0 Å². The number of sulfonamides is 1.